The van der Waals surface area contributed by atoms with Gasteiger partial charge in [-0.15, -0.1) is 0 Å². The Hall–Kier alpha value is -3.51. The molecule has 3 N–H and O–H groups in total. The summed E-state index contributed by atoms with van der Waals surface area (Å²) in [6.07, 6.45) is 5.42. The van der Waals surface area contributed by atoms with Gasteiger partial charge in [-0.1, -0.05) is 12.1 Å². The lowest BCUT2D eigenvalue weighted by Crippen LogP contribution is -2.51. The van der Waals surface area contributed by atoms with Gasteiger partial charge >= 0.3 is 6.03 Å². The molecule has 2 aromatic heterocycles. The molecule has 3 aliphatic rings. The van der Waals surface area contributed by atoms with E-state index in [4.69, 9.17) is 9.97 Å². The second-order valence-electron chi connectivity index (χ2n) is 10.9. The van der Waals surface area contributed by atoms with Gasteiger partial charge in [0.1, 0.15) is 11.3 Å². The first-order valence-corrected chi connectivity index (χ1v) is 13.9. The summed E-state index contributed by atoms with van der Waals surface area (Å²) in [6.45, 7) is 4.36. The second kappa shape index (κ2) is 10.9. The summed E-state index contributed by atoms with van der Waals surface area (Å²) in [5.41, 5.74) is 1.56. The first-order chi connectivity index (χ1) is 18.9. The van der Waals surface area contributed by atoms with E-state index in [0.29, 0.717) is 41.8 Å². The minimum absolute atomic E-state index is 0.0649. The lowest BCUT2D eigenvalue weighted by Gasteiger charge is -2.35. The number of fused-ring (bicyclic) bond motifs is 1. The third-order valence-corrected chi connectivity index (χ3v) is 8.16. The van der Waals surface area contributed by atoms with Gasteiger partial charge in [0.15, 0.2) is 5.65 Å². The van der Waals surface area contributed by atoms with Crippen LogP contribution in [0.25, 0.3) is 11.2 Å². The highest BCUT2D eigenvalue weighted by Crippen LogP contribution is 2.33. The van der Waals surface area contributed by atoms with Gasteiger partial charge in [-0.05, 0) is 51.3 Å². The van der Waals surface area contributed by atoms with Crippen LogP contribution in [0.4, 0.5) is 26.8 Å². The number of carbonyl (C=O) groups is 1. The van der Waals surface area contributed by atoms with E-state index in [-0.39, 0.29) is 30.0 Å². The molecule has 0 unspecified atom stereocenters. The van der Waals surface area contributed by atoms with Crippen LogP contribution in [0.3, 0.4) is 0 Å². The topological polar surface area (TPSA) is 115 Å². The molecule has 3 aromatic rings. The Morgan fingerprint density at radius 2 is 1.77 bits per heavy atom. The Morgan fingerprint density at radius 3 is 2.54 bits per heavy atom. The highest BCUT2D eigenvalue weighted by atomic mass is 19.1. The average molecular weight is 538 g/mol. The standard InChI is InChI=1S/C27H36FN9O2/c1-34-12-14-35(15-13-34)27(39)36-11-10-19(17-36)37-24-23(32-26(37)31-22-5-3-2-4-21(22)28)16-29-25(33-24)30-18-6-8-20(38)9-7-18/h2-5,16,18-20,38H,6-15,17H2,1H3,(H,31,32)(H,29,30,33)/t18-,19-,20-/m0/s1. The van der Waals surface area contributed by atoms with Crippen LogP contribution in [0.15, 0.2) is 30.5 Å². The minimum Gasteiger partial charge on any atom is -0.393 e. The highest BCUT2D eigenvalue weighted by Gasteiger charge is 2.34. The van der Waals surface area contributed by atoms with E-state index in [2.05, 4.69) is 27.6 Å². The molecule has 0 bridgehead atoms. The van der Waals surface area contributed by atoms with Crippen molar-refractivity contribution in [2.45, 2.75) is 50.3 Å². The zero-order chi connectivity index (χ0) is 26.9. The maximum Gasteiger partial charge on any atom is 0.320 e. The van der Waals surface area contributed by atoms with Crippen LogP contribution in [0.1, 0.15) is 38.1 Å². The van der Waals surface area contributed by atoms with Crippen molar-refractivity contribution in [3.8, 4) is 0 Å². The molecule has 12 heteroatoms. The molecule has 1 saturated carbocycles. The fourth-order valence-corrected chi connectivity index (χ4v) is 5.80. The van der Waals surface area contributed by atoms with Crippen molar-refractivity contribution in [3.05, 3.63) is 36.3 Å². The van der Waals surface area contributed by atoms with Crippen LogP contribution < -0.4 is 10.6 Å². The molecule has 3 fully saturated rings. The molecular formula is C27H36FN9O2. The number of benzene rings is 1. The van der Waals surface area contributed by atoms with Crippen molar-refractivity contribution in [3.63, 3.8) is 0 Å². The van der Waals surface area contributed by atoms with Crippen molar-refractivity contribution < 1.29 is 14.3 Å². The normalized spacial score (nSPS) is 24.3. The highest BCUT2D eigenvalue weighted by molar-refractivity contribution is 5.77. The third kappa shape index (κ3) is 5.48. The van der Waals surface area contributed by atoms with E-state index >= 15 is 0 Å². The summed E-state index contributed by atoms with van der Waals surface area (Å²) >= 11 is 0. The number of aliphatic hydroxyl groups is 1. The van der Waals surface area contributed by atoms with Gasteiger partial charge in [0.05, 0.1) is 24.0 Å². The number of piperazine rings is 1. The maximum absolute atomic E-state index is 14.6. The number of nitrogens with one attached hydrogen (secondary N) is 2. The Balaban J connectivity index is 1.28. The Morgan fingerprint density at radius 1 is 1.00 bits per heavy atom. The summed E-state index contributed by atoms with van der Waals surface area (Å²) in [5.74, 6) is 0.606. The lowest BCUT2D eigenvalue weighted by atomic mass is 9.93. The van der Waals surface area contributed by atoms with Crippen molar-refractivity contribution >= 4 is 34.8 Å². The maximum atomic E-state index is 14.6. The number of anilines is 3. The molecular weight excluding hydrogens is 501 g/mol. The monoisotopic (exact) mass is 537 g/mol. The van der Waals surface area contributed by atoms with Crippen molar-refractivity contribution in [1.82, 2.24) is 34.2 Å². The number of urea groups is 1. The Kier molecular flexibility index (Phi) is 7.22. The number of likely N-dealkylation sites (tertiary alicyclic amines) is 1. The summed E-state index contributed by atoms with van der Waals surface area (Å²) < 4.78 is 16.6. The largest absolute Gasteiger partial charge is 0.393 e. The van der Waals surface area contributed by atoms with E-state index in [0.717, 1.165) is 58.3 Å². The van der Waals surface area contributed by atoms with Crippen molar-refractivity contribution in [2.24, 2.45) is 0 Å². The number of likely N-dealkylation sites (N-methyl/N-ethyl adjacent to an activating group) is 1. The van der Waals surface area contributed by atoms with E-state index in [9.17, 15) is 14.3 Å². The van der Waals surface area contributed by atoms with Gasteiger partial charge in [0.25, 0.3) is 0 Å². The molecule has 2 aliphatic heterocycles. The fourth-order valence-electron chi connectivity index (χ4n) is 5.80. The zero-order valence-corrected chi connectivity index (χ0v) is 22.3. The number of aliphatic hydroxyl groups excluding tert-OH is 1. The number of amides is 2. The van der Waals surface area contributed by atoms with Gasteiger partial charge in [-0.2, -0.15) is 4.98 Å². The van der Waals surface area contributed by atoms with E-state index in [1.807, 2.05) is 14.4 Å². The van der Waals surface area contributed by atoms with Gasteiger partial charge in [-0.25, -0.2) is 19.2 Å². The number of imidazole rings is 1. The van der Waals surface area contributed by atoms with Gasteiger partial charge in [0.2, 0.25) is 11.9 Å². The van der Waals surface area contributed by atoms with Crippen LogP contribution >= 0.6 is 0 Å². The predicted molar refractivity (Wildman–Crippen MR) is 147 cm³/mol. The molecule has 2 amide bonds. The van der Waals surface area contributed by atoms with Crippen LogP contribution in [-0.4, -0.2) is 104 Å². The van der Waals surface area contributed by atoms with Crippen molar-refractivity contribution in [2.75, 3.05) is 56.9 Å². The number of rotatable bonds is 5. The number of aromatic nitrogens is 4. The average Bonchev–Trinajstić information content (AvgIpc) is 3.56. The molecule has 4 heterocycles. The van der Waals surface area contributed by atoms with Crippen LogP contribution in [0.2, 0.25) is 0 Å². The van der Waals surface area contributed by atoms with E-state index < -0.39 is 0 Å². The first-order valence-electron chi connectivity index (χ1n) is 13.9. The fraction of sp³-hybridized carbons (Fsp3) is 0.556. The number of halogens is 1. The number of hydrogen-bond acceptors (Lipinski definition) is 8. The smallest absolute Gasteiger partial charge is 0.320 e. The zero-order valence-electron chi connectivity index (χ0n) is 22.3. The molecule has 39 heavy (non-hydrogen) atoms. The van der Waals surface area contributed by atoms with Gasteiger partial charge in [0, 0.05) is 45.3 Å². The Bertz CT molecular complexity index is 1320. The molecule has 0 spiro atoms. The minimum atomic E-state index is -0.373. The molecule has 1 aromatic carbocycles. The molecule has 1 aliphatic carbocycles. The van der Waals surface area contributed by atoms with Crippen LogP contribution in [0, 0.1) is 5.82 Å². The molecule has 6 rings (SSSR count). The summed E-state index contributed by atoms with van der Waals surface area (Å²) in [6, 6.07) is 6.69. The quantitative estimate of drug-likeness (QED) is 0.455. The van der Waals surface area contributed by atoms with Crippen LogP contribution in [0.5, 0.6) is 0 Å². The number of nitrogens with zero attached hydrogens (tertiary/aromatic N) is 7. The Labute approximate surface area is 227 Å². The van der Waals surface area contributed by atoms with Crippen LogP contribution in [-0.2, 0) is 0 Å². The van der Waals surface area contributed by atoms with Crippen molar-refractivity contribution in [1.29, 1.82) is 0 Å². The molecule has 0 radical (unpaired) electrons. The SMILES string of the molecule is CN1CCN(C(=O)N2CC[C@H](n3c(Nc4ccccc4F)nc4cnc(N[C@H]5CC[C@H](O)CC5)nc43)C2)CC1. The molecule has 1 atom stereocenters. The summed E-state index contributed by atoms with van der Waals surface area (Å²) in [4.78, 5) is 33.4. The van der Waals surface area contributed by atoms with Gasteiger partial charge in [-0.3, -0.25) is 4.57 Å². The predicted octanol–water partition coefficient (Wildman–Crippen LogP) is 3.04. The van der Waals surface area contributed by atoms with E-state index in [1.54, 1.807) is 24.4 Å². The number of carbonyl (C=O) groups excluding carboxylic acids is 1. The summed E-state index contributed by atoms with van der Waals surface area (Å²) in [5, 5.41) is 16.4. The van der Waals surface area contributed by atoms with Gasteiger partial charge < -0.3 is 30.4 Å². The molecule has 208 valence electrons. The first kappa shape index (κ1) is 25.8. The van der Waals surface area contributed by atoms with E-state index in [1.165, 1.54) is 6.07 Å². The summed E-state index contributed by atoms with van der Waals surface area (Å²) in [7, 11) is 2.07. The molecule has 11 nitrogen and oxygen atoms in total. The number of hydrogen-bond donors (Lipinski definition) is 3. The molecule has 2 saturated heterocycles. The number of para-hydroxylation sites is 1. The second-order valence-corrected chi connectivity index (χ2v) is 10.9. The lowest BCUT2D eigenvalue weighted by molar-refractivity contribution is 0.126. The third-order valence-electron chi connectivity index (χ3n) is 8.16.